The zero-order valence-corrected chi connectivity index (χ0v) is 17.2. The van der Waals surface area contributed by atoms with Crippen LogP contribution in [0.1, 0.15) is 22.9 Å². The topological polar surface area (TPSA) is 46.5 Å². The second kappa shape index (κ2) is 8.03. The SMILES string of the molecule is COc1ccccc1NC(=O)N1Cc2ccccc2-n2cccc2[C@H]1c1ccccc1. The van der Waals surface area contributed by atoms with Crippen molar-refractivity contribution in [3.63, 3.8) is 0 Å². The number of hydrogen-bond acceptors (Lipinski definition) is 2. The van der Waals surface area contributed by atoms with Gasteiger partial charge in [0.15, 0.2) is 0 Å². The van der Waals surface area contributed by atoms with Crippen molar-refractivity contribution >= 4 is 11.7 Å². The molecule has 5 nitrogen and oxygen atoms in total. The molecule has 1 aliphatic heterocycles. The normalized spacial score (nSPS) is 14.9. The summed E-state index contributed by atoms with van der Waals surface area (Å²) in [6.07, 6.45) is 2.06. The van der Waals surface area contributed by atoms with E-state index in [0.717, 1.165) is 22.5 Å². The van der Waals surface area contributed by atoms with Gasteiger partial charge in [-0.2, -0.15) is 0 Å². The van der Waals surface area contributed by atoms with Crippen LogP contribution >= 0.6 is 0 Å². The van der Waals surface area contributed by atoms with Crippen molar-refractivity contribution < 1.29 is 9.53 Å². The van der Waals surface area contributed by atoms with Crippen LogP contribution in [0, 0.1) is 0 Å². The van der Waals surface area contributed by atoms with Crippen molar-refractivity contribution in [2.24, 2.45) is 0 Å². The Morgan fingerprint density at radius 1 is 0.903 bits per heavy atom. The lowest BCUT2D eigenvalue weighted by atomic mass is 10.0. The van der Waals surface area contributed by atoms with E-state index in [1.54, 1.807) is 7.11 Å². The van der Waals surface area contributed by atoms with Gasteiger partial charge < -0.3 is 19.5 Å². The summed E-state index contributed by atoms with van der Waals surface area (Å²) in [5.41, 5.74) is 4.94. The van der Waals surface area contributed by atoms with E-state index in [2.05, 4.69) is 46.4 Å². The number of nitrogens with one attached hydrogen (secondary N) is 1. The monoisotopic (exact) mass is 409 g/mol. The minimum absolute atomic E-state index is 0.178. The standard InChI is InChI=1S/C26H23N3O2/c1-31-24-16-8-6-13-21(24)27-26(30)29-18-20-12-5-7-14-22(20)28-17-9-15-23(28)25(29)19-10-3-2-4-11-19/h2-17,25H,18H2,1H3,(H,27,30)/t25-/m1/s1. The predicted molar refractivity (Wildman–Crippen MR) is 122 cm³/mol. The summed E-state index contributed by atoms with van der Waals surface area (Å²) in [6.45, 7) is 0.485. The van der Waals surface area contributed by atoms with Gasteiger partial charge in [0.25, 0.3) is 0 Å². The van der Waals surface area contributed by atoms with Gasteiger partial charge in [-0.05, 0) is 41.5 Å². The van der Waals surface area contributed by atoms with Gasteiger partial charge in [0.05, 0.1) is 31.1 Å². The summed E-state index contributed by atoms with van der Waals surface area (Å²) in [4.78, 5) is 15.6. The smallest absolute Gasteiger partial charge is 0.323 e. The molecule has 2 heterocycles. The second-order valence-corrected chi connectivity index (χ2v) is 7.50. The highest BCUT2D eigenvalue weighted by atomic mass is 16.5. The first-order valence-electron chi connectivity index (χ1n) is 10.3. The van der Waals surface area contributed by atoms with E-state index in [9.17, 15) is 4.79 Å². The summed E-state index contributed by atoms with van der Waals surface area (Å²) in [5, 5.41) is 3.07. The highest BCUT2D eigenvalue weighted by Gasteiger charge is 2.33. The number of benzene rings is 3. The Labute approximate surface area is 181 Å². The molecule has 1 atom stereocenters. The molecule has 5 heteroatoms. The van der Waals surface area contributed by atoms with E-state index in [-0.39, 0.29) is 12.1 Å². The highest BCUT2D eigenvalue weighted by Crippen LogP contribution is 2.37. The van der Waals surface area contributed by atoms with Crippen molar-refractivity contribution in [1.29, 1.82) is 0 Å². The molecule has 4 aromatic rings. The molecule has 0 fully saturated rings. The largest absolute Gasteiger partial charge is 0.495 e. The third-order valence-corrected chi connectivity index (χ3v) is 5.69. The molecule has 1 aliphatic rings. The lowest BCUT2D eigenvalue weighted by Gasteiger charge is -2.31. The third-order valence-electron chi connectivity index (χ3n) is 5.69. The fourth-order valence-corrected chi connectivity index (χ4v) is 4.26. The molecule has 154 valence electrons. The molecule has 0 spiro atoms. The maximum absolute atomic E-state index is 13.7. The number of carbonyl (C=O) groups is 1. The van der Waals surface area contributed by atoms with Crippen LogP contribution < -0.4 is 10.1 Å². The Kier molecular flexibility index (Phi) is 4.92. The van der Waals surface area contributed by atoms with Crippen molar-refractivity contribution in [2.75, 3.05) is 12.4 Å². The van der Waals surface area contributed by atoms with Crippen molar-refractivity contribution in [1.82, 2.24) is 9.47 Å². The third kappa shape index (κ3) is 3.44. The number of methoxy groups -OCH3 is 1. The lowest BCUT2D eigenvalue weighted by molar-refractivity contribution is 0.194. The summed E-state index contributed by atoms with van der Waals surface area (Å²) in [6, 6.07) is 29.5. The molecule has 0 bridgehead atoms. The number of fused-ring (bicyclic) bond motifs is 3. The van der Waals surface area contributed by atoms with Gasteiger partial charge in [0.1, 0.15) is 5.75 Å². The van der Waals surface area contributed by atoms with Gasteiger partial charge in [-0.1, -0.05) is 60.7 Å². The van der Waals surface area contributed by atoms with Crippen LogP contribution in [0.4, 0.5) is 10.5 Å². The zero-order chi connectivity index (χ0) is 21.2. The van der Waals surface area contributed by atoms with E-state index < -0.39 is 0 Å². The molecular formula is C26H23N3O2. The van der Waals surface area contributed by atoms with Crippen LogP contribution in [0.3, 0.4) is 0 Å². The first kappa shape index (κ1) is 19.0. The van der Waals surface area contributed by atoms with Crippen LogP contribution in [0.25, 0.3) is 5.69 Å². The molecule has 1 aromatic heterocycles. The van der Waals surface area contributed by atoms with E-state index in [0.29, 0.717) is 18.0 Å². The van der Waals surface area contributed by atoms with Gasteiger partial charge in [0.2, 0.25) is 0 Å². The van der Waals surface area contributed by atoms with Crippen LogP contribution in [0.15, 0.2) is 97.2 Å². The van der Waals surface area contributed by atoms with Crippen LogP contribution in [-0.4, -0.2) is 22.6 Å². The number of para-hydroxylation sites is 3. The molecule has 2 amide bonds. The number of amides is 2. The quantitative estimate of drug-likeness (QED) is 0.477. The molecule has 1 N–H and O–H groups in total. The van der Waals surface area contributed by atoms with Crippen LogP contribution in [0.2, 0.25) is 0 Å². The number of anilines is 1. The number of rotatable bonds is 3. The predicted octanol–water partition coefficient (Wildman–Crippen LogP) is 5.62. The molecule has 0 aliphatic carbocycles. The van der Waals surface area contributed by atoms with Crippen LogP contribution in [-0.2, 0) is 6.54 Å². The summed E-state index contributed by atoms with van der Waals surface area (Å²) in [7, 11) is 1.60. The maximum atomic E-state index is 13.7. The average Bonchev–Trinajstić information content (AvgIpc) is 3.24. The number of nitrogens with zero attached hydrogens (tertiary/aromatic N) is 2. The van der Waals surface area contributed by atoms with Crippen LogP contribution in [0.5, 0.6) is 5.75 Å². The number of carbonyl (C=O) groups excluding carboxylic acids is 1. The van der Waals surface area contributed by atoms with Gasteiger partial charge in [0, 0.05) is 11.9 Å². The number of hydrogen-bond donors (Lipinski definition) is 1. The molecular weight excluding hydrogens is 386 g/mol. The average molecular weight is 409 g/mol. The minimum Gasteiger partial charge on any atom is -0.495 e. The van der Waals surface area contributed by atoms with E-state index in [1.165, 1.54) is 0 Å². The molecule has 3 aromatic carbocycles. The Morgan fingerprint density at radius 3 is 2.48 bits per heavy atom. The number of ether oxygens (including phenoxy) is 1. The van der Waals surface area contributed by atoms with Gasteiger partial charge in [-0.15, -0.1) is 0 Å². The Morgan fingerprint density at radius 2 is 1.65 bits per heavy atom. The van der Waals surface area contributed by atoms with Gasteiger partial charge in [-0.25, -0.2) is 4.79 Å². The Bertz CT molecular complexity index is 1220. The summed E-state index contributed by atoms with van der Waals surface area (Å²) >= 11 is 0. The lowest BCUT2D eigenvalue weighted by Crippen LogP contribution is -2.38. The van der Waals surface area contributed by atoms with Crippen molar-refractivity contribution in [3.05, 3.63) is 114 Å². The highest BCUT2D eigenvalue weighted by molar-refractivity contribution is 5.91. The molecule has 0 saturated heterocycles. The van der Waals surface area contributed by atoms with E-state index in [4.69, 9.17) is 4.74 Å². The number of aromatic nitrogens is 1. The zero-order valence-electron chi connectivity index (χ0n) is 17.2. The number of urea groups is 1. The van der Waals surface area contributed by atoms with Crippen molar-refractivity contribution in [3.8, 4) is 11.4 Å². The minimum atomic E-state index is -0.238. The first-order chi connectivity index (χ1) is 15.3. The Hall–Kier alpha value is -3.99. The second-order valence-electron chi connectivity index (χ2n) is 7.50. The maximum Gasteiger partial charge on any atom is 0.323 e. The summed E-state index contributed by atoms with van der Waals surface area (Å²) in [5.74, 6) is 0.630. The molecule has 5 rings (SSSR count). The fourth-order valence-electron chi connectivity index (χ4n) is 4.26. The van der Waals surface area contributed by atoms with E-state index in [1.807, 2.05) is 65.6 Å². The molecule has 31 heavy (non-hydrogen) atoms. The molecule has 0 saturated carbocycles. The van der Waals surface area contributed by atoms with E-state index >= 15 is 0 Å². The summed E-state index contributed by atoms with van der Waals surface area (Å²) < 4.78 is 7.62. The Balaban J connectivity index is 1.62. The molecule has 0 unspecified atom stereocenters. The van der Waals surface area contributed by atoms with Gasteiger partial charge >= 0.3 is 6.03 Å². The van der Waals surface area contributed by atoms with Gasteiger partial charge in [-0.3, -0.25) is 0 Å². The fraction of sp³-hybridized carbons (Fsp3) is 0.115. The molecule has 0 radical (unpaired) electrons. The first-order valence-corrected chi connectivity index (χ1v) is 10.3. The van der Waals surface area contributed by atoms with Crippen molar-refractivity contribution in [2.45, 2.75) is 12.6 Å².